The normalized spacial score (nSPS) is 20.2. The number of nitrogens with two attached hydrogens (primary N) is 1. The fourth-order valence-corrected chi connectivity index (χ4v) is 3.95. The van der Waals surface area contributed by atoms with Crippen molar-refractivity contribution in [3.05, 3.63) is 69.7 Å². The van der Waals surface area contributed by atoms with Crippen molar-refractivity contribution in [3.63, 3.8) is 0 Å². The van der Waals surface area contributed by atoms with Crippen molar-refractivity contribution < 1.29 is 27.5 Å². The molecular weight excluding hydrogens is 461 g/mol. The Kier molecular flexibility index (Phi) is 6.38. The number of benzene rings is 2. The first-order valence-electron chi connectivity index (χ1n) is 9.67. The summed E-state index contributed by atoms with van der Waals surface area (Å²) in [5, 5.41) is 14.8. The monoisotopic (exact) mass is 478 g/mol. The van der Waals surface area contributed by atoms with E-state index in [1.165, 1.54) is 13.0 Å². The number of urea groups is 1. The minimum Gasteiger partial charge on any atom is -0.465 e. The zero-order valence-electron chi connectivity index (χ0n) is 17.5. The molecule has 33 heavy (non-hydrogen) atoms. The number of amides is 2. The van der Waals surface area contributed by atoms with E-state index in [-0.39, 0.29) is 17.9 Å². The number of ether oxygens (including phenoxy) is 1. The van der Waals surface area contributed by atoms with Gasteiger partial charge in [0, 0.05) is 5.02 Å². The highest BCUT2D eigenvalue weighted by atomic mass is 35.5. The Morgan fingerprint density at radius 2 is 1.91 bits per heavy atom. The highest BCUT2D eigenvalue weighted by Crippen LogP contribution is 2.48. The maximum atomic E-state index is 13.3. The van der Waals surface area contributed by atoms with E-state index < -0.39 is 40.8 Å². The molecule has 0 saturated heterocycles. The lowest BCUT2D eigenvalue weighted by Gasteiger charge is -2.33. The van der Waals surface area contributed by atoms with Crippen LogP contribution in [0.15, 0.2) is 47.6 Å². The van der Waals surface area contributed by atoms with Crippen LogP contribution < -0.4 is 5.73 Å². The average molecular weight is 479 g/mol. The van der Waals surface area contributed by atoms with Gasteiger partial charge in [0.25, 0.3) is 0 Å². The molecule has 0 fully saturated rings. The molecule has 1 heterocycles. The number of hydrazone groups is 1. The van der Waals surface area contributed by atoms with Crippen LogP contribution in [-0.4, -0.2) is 29.3 Å². The van der Waals surface area contributed by atoms with E-state index in [0.29, 0.717) is 10.6 Å². The Morgan fingerprint density at radius 1 is 1.27 bits per heavy atom. The van der Waals surface area contributed by atoms with Gasteiger partial charge in [0.1, 0.15) is 11.5 Å². The highest BCUT2D eigenvalue weighted by Gasteiger charge is 2.57. The van der Waals surface area contributed by atoms with Gasteiger partial charge in [-0.2, -0.15) is 23.5 Å². The van der Waals surface area contributed by atoms with Gasteiger partial charge in [-0.1, -0.05) is 29.8 Å². The van der Waals surface area contributed by atoms with E-state index in [9.17, 15) is 28.0 Å². The largest absolute Gasteiger partial charge is 0.465 e. The molecular formula is C22H18ClF3N4O3. The molecule has 0 spiro atoms. The first-order valence-corrected chi connectivity index (χ1v) is 10.0. The molecule has 0 bridgehead atoms. The topological polar surface area (TPSA) is 109 Å². The van der Waals surface area contributed by atoms with Gasteiger partial charge in [0.15, 0.2) is 0 Å². The van der Waals surface area contributed by atoms with Crippen molar-refractivity contribution in [2.75, 3.05) is 6.61 Å². The fraction of sp³-hybridized carbons (Fsp3) is 0.273. The fourth-order valence-electron chi connectivity index (χ4n) is 3.82. The van der Waals surface area contributed by atoms with Gasteiger partial charge in [0.2, 0.25) is 0 Å². The van der Waals surface area contributed by atoms with E-state index in [2.05, 4.69) is 5.10 Å². The first kappa shape index (κ1) is 24.1. The SMILES string of the molecule is CCOC(=O)C1(C)C(c2ccc(Cl)cc2)=NN(C(N)=O)C1c1ccc(C(F)(F)F)c(C#N)c1. The van der Waals surface area contributed by atoms with E-state index in [1.54, 1.807) is 31.2 Å². The summed E-state index contributed by atoms with van der Waals surface area (Å²) in [4.78, 5) is 25.5. The van der Waals surface area contributed by atoms with E-state index >= 15 is 0 Å². The van der Waals surface area contributed by atoms with Gasteiger partial charge in [-0.05, 0) is 49.2 Å². The zero-order chi connectivity index (χ0) is 24.6. The molecule has 2 atom stereocenters. The van der Waals surface area contributed by atoms with E-state index in [0.717, 1.165) is 23.2 Å². The molecule has 3 rings (SSSR count). The Labute approximate surface area is 192 Å². The number of hydrogen-bond acceptors (Lipinski definition) is 5. The maximum Gasteiger partial charge on any atom is 0.417 e. The molecule has 2 unspecified atom stereocenters. The minimum atomic E-state index is -4.77. The van der Waals surface area contributed by atoms with Crippen molar-refractivity contribution in [2.24, 2.45) is 16.3 Å². The minimum absolute atomic E-state index is 0.00205. The van der Waals surface area contributed by atoms with Gasteiger partial charge in [-0.15, -0.1) is 0 Å². The summed E-state index contributed by atoms with van der Waals surface area (Å²) in [6.45, 7) is 3.04. The molecule has 1 aliphatic rings. The Bertz CT molecular complexity index is 1170. The molecule has 0 aromatic heterocycles. The summed E-state index contributed by atoms with van der Waals surface area (Å²) >= 11 is 5.95. The van der Waals surface area contributed by atoms with Gasteiger partial charge in [0.05, 0.1) is 29.5 Å². The molecule has 2 aromatic rings. The lowest BCUT2D eigenvalue weighted by molar-refractivity contribution is -0.152. The lowest BCUT2D eigenvalue weighted by atomic mass is 9.73. The van der Waals surface area contributed by atoms with Gasteiger partial charge in [-0.3, -0.25) is 4.79 Å². The number of alkyl halides is 3. The summed E-state index contributed by atoms with van der Waals surface area (Å²) < 4.78 is 45.2. The van der Waals surface area contributed by atoms with Crippen molar-refractivity contribution >= 4 is 29.3 Å². The summed E-state index contributed by atoms with van der Waals surface area (Å²) in [5.41, 5.74) is 2.63. The van der Waals surface area contributed by atoms with Crippen LogP contribution >= 0.6 is 11.6 Å². The van der Waals surface area contributed by atoms with E-state index in [4.69, 9.17) is 22.1 Å². The average Bonchev–Trinajstić information content (AvgIpc) is 3.08. The number of esters is 1. The molecule has 1 aliphatic heterocycles. The van der Waals surface area contributed by atoms with Crippen molar-refractivity contribution in [1.82, 2.24) is 5.01 Å². The molecule has 2 amide bonds. The predicted octanol–water partition coefficient (Wildman–Crippen LogP) is 4.64. The number of halogens is 4. The molecule has 172 valence electrons. The van der Waals surface area contributed by atoms with Crippen molar-refractivity contribution in [3.8, 4) is 6.07 Å². The summed E-state index contributed by atoms with van der Waals surface area (Å²) in [6.07, 6.45) is -4.77. The van der Waals surface area contributed by atoms with Crippen LogP contribution in [0.25, 0.3) is 0 Å². The molecule has 0 radical (unpaired) electrons. The number of hydrogen-bond donors (Lipinski definition) is 1. The summed E-state index contributed by atoms with van der Waals surface area (Å²) in [5.74, 6) is -0.772. The zero-order valence-corrected chi connectivity index (χ0v) is 18.2. The third kappa shape index (κ3) is 4.24. The van der Waals surface area contributed by atoms with Crippen LogP contribution in [0.2, 0.25) is 5.02 Å². The lowest BCUT2D eigenvalue weighted by Crippen LogP contribution is -2.45. The predicted molar refractivity (Wildman–Crippen MR) is 113 cm³/mol. The van der Waals surface area contributed by atoms with Crippen LogP contribution in [0.3, 0.4) is 0 Å². The first-order chi connectivity index (χ1) is 15.4. The van der Waals surface area contributed by atoms with E-state index in [1.807, 2.05) is 0 Å². The number of primary amides is 1. The molecule has 0 saturated carbocycles. The smallest absolute Gasteiger partial charge is 0.417 e. The van der Waals surface area contributed by atoms with Gasteiger partial charge >= 0.3 is 18.2 Å². The number of carbonyl (C=O) groups is 2. The maximum absolute atomic E-state index is 13.3. The second kappa shape index (κ2) is 8.75. The Hall–Kier alpha value is -3.58. The molecule has 11 heteroatoms. The second-order valence-electron chi connectivity index (χ2n) is 7.38. The third-order valence-corrected chi connectivity index (χ3v) is 5.57. The third-order valence-electron chi connectivity index (χ3n) is 5.32. The van der Waals surface area contributed by atoms with Crippen molar-refractivity contribution in [1.29, 1.82) is 5.26 Å². The van der Waals surface area contributed by atoms with Crippen LogP contribution in [0.5, 0.6) is 0 Å². The summed E-state index contributed by atoms with van der Waals surface area (Å²) in [6, 6.07) is 8.25. The quantitative estimate of drug-likeness (QED) is 0.645. The van der Waals surface area contributed by atoms with Crippen LogP contribution in [0.4, 0.5) is 18.0 Å². The van der Waals surface area contributed by atoms with Crippen molar-refractivity contribution in [2.45, 2.75) is 26.1 Å². The number of carbonyl (C=O) groups excluding carboxylic acids is 2. The van der Waals surface area contributed by atoms with Crippen LogP contribution in [0, 0.1) is 16.7 Å². The second-order valence-corrected chi connectivity index (χ2v) is 7.81. The van der Waals surface area contributed by atoms with Gasteiger partial charge < -0.3 is 10.5 Å². The highest BCUT2D eigenvalue weighted by molar-refractivity contribution is 6.30. The molecule has 2 N–H and O–H groups in total. The molecule has 0 aliphatic carbocycles. The van der Waals surface area contributed by atoms with Crippen LogP contribution in [0.1, 0.15) is 42.1 Å². The molecule has 7 nitrogen and oxygen atoms in total. The number of nitrogens with zero attached hydrogens (tertiary/aromatic N) is 3. The van der Waals surface area contributed by atoms with Gasteiger partial charge in [-0.25, -0.2) is 9.80 Å². The standard InChI is InChI=1S/C22H18ClF3N4O3/c1-3-33-19(31)21(2)17(12-4-7-15(23)8-5-12)29-30(20(28)32)18(21)13-6-9-16(22(24,25)26)14(10-13)11-27/h4-10,18H,3H2,1-2H3,(H2,28,32). The molecule has 2 aromatic carbocycles. The summed E-state index contributed by atoms with van der Waals surface area (Å²) in [7, 11) is 0. The number of rotatable bonds is 4. The number of nitriles is 1. The Morgan fingerprint density at radius 3 is 2.42 bits per heavy atom. The Balaban J connectivity index is 2.26. The van der Waals surface area contributed by atoms with Crippen LogP contribution in [-0.2, 0) is 15.7 Å².